The van der Waals surface area contributed by atoms with Gasteiger partial charge in [-0.1, -0.05) is 13.8 Å². The van der Waals surface area contributed by atoms with Gasteiger partial charge in [0.15, 0.2) is 0 Å². The number of aromatic nitrogens is 3. The molecule has 1 atom stereocenters. The van der Waals surface area contributed by atoms with Crippen molar-refractivity contribution < 1.29 is 14.6 Å². The molecule has 2 aromatic rings. The lowest BCUT2D eigenvalue weighted by atomic mass is 10.2. The van der Waals surface area contributed by atoms with Gasteiger partial charge in [-0.25, -0.2) is 9.97 Å². The van der Waals surface area contributed by atoms with Gasteiger partial charge in [0.2, 0.25) is 11.8 Å². The number of H-pyrrole nitrogens is 1. The van der Waals surface area contributed by atoms with E-state index in [1.54, 1.807) is 19.2 Å². The van der Waals surface area contributed by atoms with E-state index in [1.165, 1.54) is 12.4 Å². The maximum atomic E-state index is 11.7. The molecule has 0 saturated heterocycles. The summed E-state index contributed by atoms with van der Waals surface area (Å²) in [5.41, 5.74) is 1.43. The smallest absolute Gasteiger partial charge is 0.244 e. The molecule has 0 aromatic carbocycles. The Labute approximate surface area is 134 Å². The number of amides is 1. The maximum absolute atomic E-state index is 11.7. The molecule has 7 nitrogen and oxygen atoms in total. The summed E-state index contributed by atoms with van der Waals surface area (Å²) in [6, 6.07) is 0. The SMILES string of the molecule is CC(C)COc1ncnc2[nH]cc(/C=C/C(=O)NC[C@H](C)O)c12. The number of aromatic amines is 1. The molecule has 0 spiro atoms. The number of carbonyl (C=O) groups excluding carboxylic acids is 1. The molecule has 2 aromatic heterocycles. The molecule has 0 bridgehead atoms. The molecule has 2 rings (SSSR count). The zero-order chi connectivity index (χ0) is 16.8. The number of ether oxygens (including phenoxy) is 1. The molecule has 7 heteroatoms. The Morgan fingerprint density at radius 3 is 2.91 bits per heavy atom. The third kappa shape index (κ3) is 4.79. The standard InChI is InChI=1S/C16H22N4O3/c1-10(2)8-23-16-14-12(7-18-15(14)19-9-20-16)4-5-13(22)17-6-11(3)21/h4-5,7,9-11,21H,6,8H2,1-3H3,(H,17,22)(H,18,19,20)/b5-4+/t11-/m0/s1. The molecule has 23 heavy (non-hydrogen) atoms. The molecular weight excluding hydrogens is 296 g/mol. The normalized spacial score (nSPS) is 12.9. The van der Waals surface area contributed by atoms with Gasteiger partial charge in [0.1, 0.15) is 12.0 Å². The molecule has 0 unspecified atom stereocenters. The van der Waals surface area contributed by atoms with Gasteiger partial charge < -0.3 is 20.1 Å². The molecule has 1 amide bonds. The summed E-state index contributed by atoms with van der Waals surface area (Å²) in [7, 11) is 0. The van der Waals surface area contributed by atoms with Gasteiger partial charge in [-0.2, -0.15) is 0 Å². The van der Waals surface area contributed by atoms with Crippen molar-refractivity contribution in [2.24, 2.45) is 5.92 Å². The molecule has 0 saturated carbocycles. The Balaban J connectivity index is 2.18. The molecule has 0 aliphatic carbocycles. The van der Waals surface area contributed by atoms with Crippen LogP contribution >= 0.6 is 0 Å². The van der Waals surface area contributed by atoms with Gasteiger partial charge in [0.25, 0.3) is 0 Å². The Hall–Kier alpha value is -2.41. The van der Waals surface area contributed by atoms with E-state index in [4.69, 9.17) is 9.84 Å². The molecule has 0 aliphatic heterocycles. The minimum absolute atomic E-state index is 0.211. The lowest BCUT2D eigenvalue weighted by Crippen LogP contribution is -2.28. The van der Waals surface area contributed by atoms with Gasteiger partial charge in [-0.3, -0.25) is 4.79 Å². The lowest BCUT2D eigenvalue weighted by molar-refractivity contribution is -0.116. The van der Waals surface area contributed by atoms with Gasteiger partial charge in [0.05, 0.1) is 18.1 Å². The fourth-order valence-corrected chi connectivity index (χ4v) is 1.92. The van der Waals surface area contributed by atoms with Gasteiger partial charge in [0, 0.05) is 24.4 Å². The van der Waals surface area contributed by atoms with Crippen molar-refractivity contribution in [3.05, 3.63) is 24.2 Å². The number of fused-ring (bicyclic) bond motifs is 1. The number of hydrogen-bond acceptors (Lipinski definition) is 5. The van der Waals surface area contributed by atoms with Crippen molar-refractivity contribution in [1.82, 2.24) is 20.3 Å². The Morgan fingerprint density at radius 1 is 1.43 bits per heavy atom. The molecule has 2 heterocycles. The topological polar surface area (TPSA) is 100 Å². The second-order valence-corrected chi connectivity index (χ2v) is 5.78. The molecule has 124 valence electrons. The fourth-order valence-electron chi connectivity index (χ4n) is 1.92. The Bertz CT molecular complexity index is 692. The highest BCUT2D eigenvalue weighted by Gasteiger charge is 2.11. The average molecular weight is 318 g/mol. The number of aliphatic hydroxyl groups excluding tert-OH is 1. The first kappa shape index (κ1) is 17.0. The Morgan fingerprint density at radius 2 is 2.22 bits per heavy atom. The number of hydrogen-bond donors (Lipinski definition) is 3. The highest BCUT2D eigenvalue weighted by molar-refractivity contribution is 5.96. The predicted octanol–water partition coefficient (Wildman–Crippen LogP) is 1.50. The number of nitrogens with zero attached hydrogens (tertiary/aromatic N) is 2. The monoisotopic (exact) mass is 318 g/mol. The van der Waals surface area contributed by atoms with E-state index in [2.05, 4.69) is 34.1 Å². The summed E-state index contributed by atoms with van der Waals surface area (Å²) in [4.78, 5) is 23.1. The molecule has 3 N–H and O–H groups in total. The summed E-state index contributed by atoms with van der Waals surface area (Å²) in [5, 5.41) is 12.5. The number of nitrogens with one attached hydrogen (secondary N) is 2. The van der Waals surface area contributed by atoms with Crippen LogP contribution in [0.25, 0.3) is 17.1 Å². The predicted molar refractivity (Wildman–Crippen MR) is 87.9 cm³/mol. The highest BCUT2D eigenvalue weighted by Crippen LogP contribution is 2.26. The summed E-state index contributed by atoms with van der Waals surface area (Å²) >= 11 is 0. The van der Waals surface area contributed by atoms with Crippen LogP contribution in [0.4, 0.5) is 0 Å². The molecule has 0 radical (unpaired) electrons. The number of aliphatic hydroxyl groups is 1. The van der Waals surface area contributed by atoms with Crippen molar-refractivity contribution >= 4 is 23.0 Å². The van der Waals surface area contributed by atoms with E-state index >= 15 is 0 Å². The molecular formula is C16H22N4O3. The van der Waals surface area contributed by atoms with E-state index in [0.29, 0.717) is 24.1 Å². The second kappa shape index (κ2) is 7.73. The quantitative estimate of drug-likeness (QED) is 0.672. The van der Waals surface area contributed by atoms with Crippen LogP contribution in [-0.2, 0) is 4.79 Å². The third-order valence-electron chi connectivity index (χ3n) is 3.00. The molecule has 0 aliphatic rings. The average Bonchev–Trinajstić information content (AvgIpc) is 2.92. The van der Waals surface area contributed by atoms with E-state index in [1.807, 2.05) is 0 Å². The van der Waals surface area contributed by atoms with Gasteiger partial charge in [-0.05, 0) is 18.9 Å². The van der Waals surface area contributed by atoms with Gasteiger partial charge >= 0.3 is 0 Å². The minimum atomic E-state index is -0.579. The van der Waals surface area contributed by atoms with Crippen molar-refractivity contribution in [3.63, 3.8) is 0 Å². The van der Waals surface area contributed by atoms with Crippen molar-refractivity contribution in [1.29, 1.82) is 0 Å². The first-order valence-electron chi connectivity index (χ1n) is 7.56. The second-order valence-electron chi connectivity index (χ2n) is 5.78. The van der Waals surface area contributed by atoms with E-state index in [9.17, 15) is 4.79 Å². The fraction of sp³-hybridized carbons (Fsp3) is 0.438. The number of rotatable bonds is 7. The zero-order valence-electron chi connectivity index (χ0n) is 13.5. The van der Waals surface area contributed by atoms with Gasteiger partial charge in [-0.15, -0.1) is 0 Å². The minimum Gasteiger partial charge on any atom is -0.477 e. The van der Waals surface area contributed by atoms with Crippen LogP contribution in [0.1, 0.15) is 26.3 Å². The van der Waals surface area contributed by atoms with E-state index in [-0.39, 0.29) is 12.5 Å². The van der Waals surface area contributed by atoms with Crippen LogP contribution in [0.5, 0.6) is 5.88 Å². The third-order valence-corrected chi connectivity index (χ3v) is 3.00. The van der Waals surface area contributed by atoms with E-state index < -0.39 is 6.10 Å². The molecule has 0 fully saturated rings. The first-order chi connectivity index (χ1) is 11.0. The van der Waals surface area contributed by atoms with E-state index in [0.717, 1.165) is 10.9 Å². The van der Waals surface area contributed by atoms with Crippen LogP contribution in [0.3, 0.4) is 0 Å². The van der Waals surface area contributed by atoms with Crippen LogP contribution < -0.4 is 10.1 Å². The lowest BCUT2D eigenvalue weighted by Gasteiger charge is -2.08. The highest BCUT2D eigenvalue weighted by atomic mass is 16.5. The maximum Gasteiger partial charge on any atom is 0.244 e. The van der Waals surface area contributed by atoms with Crippen LogP contribution in [0, 0.1) is 5.92 Å². The van der Waals surface area contributed by atoms with Crippen LogP contribution in [-0.4, -0.2) is 45.2 Å². The van der Waals surface area contributed by atoms with Crippen molar-refractivity contribution in [3.8, 4) is 5.88 Å². The van der Waals surface area contributed by atoms with Crippen LogP contribution in [0.2, 0.25) is 0 Å². The summed E-state index contributed by atoms with van der Waals surface area (Å²) < 4.78 is 5.73. The Kier molecular flexibility index (Phi) is 5.70. The first-order valence-corrected chi connectivity index (χ1v) is 7.56. The number of carbonyl (C=O) groups is 1. The summed E-state index contributed by atoms with van der Waals surface area (Å²) in [6.07, 6.45) is 5.69. The zero-order valence-corrected chi connectivity index (χ0v) is 13.5. The summed E-state index contributed by atoms with van der Waals surface area (Å²) in [6.45, 7) is 6.49. The summed E-state index contributed by atoms with van der Waals surface area (Å²) in [5.74, 6) is 0.597. The van der Waals surface area contributed by atoms with Crippen molar-refractivity contribution in [2.75, 3.05) is 13.2 Å². The van der Waals surface area contributed by atoms with Crippen LogP contribution in [0.15, 0.2) is 18.6 Å². The van der Waals surface area contributed by atoms with Crippen molar-refractivity contribution in [2.45, 2.75) is 26.9 Å². The largest absolute Gasteiger partial charge is 0.477 e.